The van der Waals surface area contributed by atoms with Gasteiger partial charge in [-0.2, -0.15) is 0 Å². The monoisotopic (exact) mass is 291 g/mol. The number of imide groups is 1. The van der Waals surface area contributed by atoms with E-state index in [4.69, 9.17) is 0 Å². The molecule has 19 heavy (non-hydrogen) atoms. The summed E-state index contributed by atoms with van der Waals surface area (Å²) in [6, 6.07) is 0. The summed E-state index contributed by atoms with van der Waals surface area (Å²) in [6.45, 7) is 11.1. The van der Waals surface area contributed by atoms with Crippen LogP contribution in [0.4, 0.5) is 0 Å². The Bertz CT molecular complexity index is 429. The first kappa shape index (κ1) is 16.1. The summed E-state index contributed by atoms with van der Waals surface area (Å²) in [5, 5.41) is 0.400. The minimum Gasteiger partial charge on any atom is -0.272 e. The number of hydrogen-bond acceptors (Lipinski definition) is 5. The van der Waals surface area contributed by atoms with Crippen LogP contribution < -0.4 is 0 Å². The molecule has 1 rings (SSSR count). The number of thiol groups is 1. The topological polar surface area (TPSA) is 80.8 Å². The van der Waals surface area contributed by atoms with Crippen LogP contribution in [0.15, 0.2) is 0 Å². The summed E-state index contributed by atoms with van der Waals surface area (Å²) in [4.78, 5) is 24.5. The molecule has 1 aliphatic rings. The predicted molar refractivity (Wildman–Crippen MR) is 69.1 cm³/mol. The maximum absolute atomic E-state index is 12.3. The third-order valence-electron chi connectivity index (χ3n) is 3.28. The lowest BCUT2D eigenvalue weighted by Crippen LogP contribution is -2.38. The van der Waals surface area contributed by atoms with Crippen LogP contribution in [0.25, 0.3) is 0 Å². The number of hydroxylamine groups is 2. The van der Waals surface area contributed by atoms with Gasteiger partial charge in [0.25, 0.3) is 22.8 Å². The van der Waals surface area contributed by atoms with Crippen molar-refractivity contribution in [2.75, 3.05) is 0 Å². The van der Waals surface area contributed by atoms with Crippen molar-refractivity contribution in [1.82, 2.24) is 5.06 Å². The first-order chi connectivity index (χ1) is 8.37. The Labute approximate surface area is 115 Å². The van der Waals surface area contributed by atoms with Crippen LogP contribution in [0.3, 0.4) is 0 Å². The summed E-state index contributed by atoms with van der Waals surface area (Å²) < 4.78 is 25.6. The molecule has 0 radical (unpaired) electrons. The van der Waals surface area contributed by atoms with Crippen molar-refractivity contribution in [1.29, 1.82) is 0 Å². The second-order valence-corrected chi connectivity index (χ2v) is 7.57. The van der Waals surface area contributed by atoms with E-state index in [-0.39, 0.29) is 0 Å². The fourth-order valence-electron chi connectivity index (χ4n) is 2.53. The molecule has 0 spiro atoms. The number of hydrogen-bond donors (Lipinski definition) is 1. The normalized spacial score (nSPS) is 25.5. The van der Waals surface area contributed by atoms with Gasteiger partial charge in [0.15, 0.2) is 0 Å². The third kappa shape index (κ3) is 3.14. The third-order valence-corrected chi connectivity index (χ3v) is 3.58. The minimum absolute atomic E-state index is 0.400. The van der Waals surface area contributed by atoms with Gasteiger partial charge in [0.2, 0.25) is 0 Å². The van der Waals surface area contributed by atoms with Gasteiger partial charge in [0, 0.05) is 0 Å². The lowest BCUT2D eigenvalue weighted by atomic mass is 9.65. The van der Waals surface area contributed by atoms with Crippen LogP contribution in [-0.2, 0) is 24.9 Å². The van der Waals surface area contributed by atoms with Gasteiger partial charge < -0.3 is 0 Å². The molecule has 0 N–H and O–H groups in total. The van der Waals surface area contributed by atoms with Gasteiger partial charge in [-0.3, -0.25) is 9.59 Å². The van der Waals surface area contributed by atoms with Crippen molar-refractivity contribution in [3.8, 4) is 0 Å². The highest BCUT2D eigenvalue weighted by Gasteiger charge is 2.57. The number of rotatable bonds is 2. The van der Waals surface area contributed by atoms with Crippen molar-refractivity contribution in [2.24, 2.45) is 22.7 Å². The smallest absolute Gasteiger partial charge is 0.272 e. The average Bonchev–Trinajstić information content (AvgIpc) is 2.39. The lowest BCUT2D eigenvalue weighted by Gasteiger charge is -2.35. The number of nitrogens with zero attached hydrogens (tertiary/aromatic N) is 1. The van der Waals surface area contributed by atoms with Crippen molar-refractivity contribution >= 4 is 22.8 Å². The van der Waals surface area contributed by atoms with E-state index in [1.165, 1.54) is 0 Å². The molecule has 1 heterocycles. The van der Waals surface area contributed by atoms with Gasteiger partial charge in [0.1, 0.15) is 0 Å². The summed E-state index contributed by atoms with van der Waals surface area (Å²) in [7, 11) is -3.29. The molecule has 0 aromatic carbocycles. The van der Waals surface area contributed by atoms with Gasteiger partial charge in [-0.25, -0.2) is 8.42 Å². The largest absolute Gasteiger partial charge is 0.278 e. The van der Waals surface area contributed by atoms with Gasteiger partial charge in [-0.05, 0) is 10.8 Å². The minimum atomic E-state index is -3.29. The number of carbonyl (C=O) groups is 2. The standard InChI is InChI=1S/C12H21NO5S/c1-11(2,3)7-8(12(4,5)6)10(15)13(9(7)14)18-19(16)17/h7-8,19H,1-6H3. The molecular formula is C12H21NO5S. The highest BCUT2D eigenvalue weighted by atomic mass is 32.2. The Morgan fingerprint density at radius 3 is 1.42 bits per heavy atom. The van der Waals surface area contributed by atoms with E-state index in [1.807, 2.05) is 41.5 Å². The van der Waals surface area contributed by atoms with Crippen molar-refractivity contribution < 1.29 is 22.3 Å². The second-order valence-electron chi connectivity index (χ2n) is 6.96. The van der Waals surface area contributed by atoms with E-state index >= 15 is 0 Å². The van der Waals surface area contributed by atoms with E-state index in [0.717, 1.165) is 0 Å². The zero-order chi connectivity index (χ0) is 15.2. The van der Waals surface area contributed by atoms with Gasteiger partial charge >= 0.3 is 0 Å². The Morgan fingerprint density at radius 2 is 1.21 bits per heavy atom. The molecule has 1 aliphatic heterocycles. The highest BCUT2D eigenvalue weighted by Crippen LogP contribution is 2.47. The zero-order valence-electron chi connectivity index (χ0n) is 12.1. The van der Waals surface area contributed by atoms with Crippen molar-refractivity contribution in [2.45, 2.75) is 41.5 Å². The van der Waals surface area contributed by atoms with Crippen molar-refractivity contribution in [3.63, 3.8) is 0 Å². The van der Waals surface area contributed by atoms with Gasteiger partial charge in [0.05, 0.1) is 11.8 Å². The molecule has 6 nitrogen and oxygen atoms in total. The molecule has 110 valence electrons. The zero-order valence-corrected chi connectivity index (χ0v) is 13.0. The summed E-state index contributed by atoms with van der Waals surface area (Å²) >= 11 is 0. The van der Waals surface area contributed by atoms with E-state index < -0.39 is 45.5 Å². The van der Waals surface area contributed by atoms with Crippen LogP contribution in [0.2, 0.25) is 0 Å². The van der Waals surface area contributed by atoms with Crippen LogP contribution in [0.1, 0.15) is 41.5 Å². The SMILES string of the molecule is CC(C)(C)C1C(=O)N(O[SH](=O)=O)C(=O)C1C(C)(C)C. The molecule has 0 aliphatic carbocycles. The molecule has 0 aromatic heterocycles. The average molecular weight is 291 g/mol. The predicted octanol–water partition coefficient (Wildman–Crippen LogP) is 1.14. The fraction of sp³-hybridized carbons (Fsp3) is 0.833. The number of carbonyl (C=O) groups excluding carboxylic acids is 2. The summed E-state index contributed by atoms with van der Waals surface area (Å²) in [5.74, 6) is -2.38. The molecule has 2 unspecified atom stereocenters. The Kier molecular flexibility index (Phi) is 4.12. The van der Waals surface area contributed by atoms with E-state index in [2.05, 4.69) is 4.28 Å². The van der Waals surface area contributed by atoms with Gasteiger partial charge in [-0.15, -0.1) is 9.35 Å². The Hall–Kier alpha value is -0.950. The highest BCUT2D eigenvalue weighted by molar-refractivity contribution is 7.67. The van der Waals surface area contributed by atoms with E-state index in [0.29, 0.717) is 5.06 Å². The molecule has 0 bridgehead atoms. The summed E-state index contributed by atoms with van der Waals surface area (Å²) in [6.07, 6.45) is 0. The molecule has 7 heteroatoms. The summed E-state index contributed by atoms with van der Waals surface area (Å²) in [5.41, 5.74) is -0.922. The first-order valence-corrected chi connectivity index (χ1v) is 7.17. The van der Waals surface area contributed by atoms with E-state index in [9.17, 15) is 18.0 Å². The lowest BCUT2D eigenvalue weighted by molar-refractivity contribution is -0.166. The maximum Gasteiger partial charge on any atom is 0.278 e. The molecule has 1 fully saturated rings. The Balaban J connectivity index is 3.28. The molecule has 2 amide bonds. The number of amides is 2. The molecule has 0 saturated carbocycles. The van der Waals surface area contributed by atoms with E-state index in [1.54, 1.807) is 0 Å². The fourth-order valence-corrected chi connectivity index (χ4v) is 2.83. The van der Waals surface area contributed by atoms with Gasteiger partial charge in [-0.1, -0.05) is 41.5 Å². The van der Waals surface area contributed by atoms with Crippen LogP contribution in [0.5, 0.6) is 0 Å². The molecule has 1 saturated heterocycles. The molecule has 0 aromatic rings. The van der Waals surface area contributed by atoms with Crippen LogP contribution in [-0.4, -0.2) is 25.3 Å². The second kappa shape index (κ2) is 4.86. The maximum atomic E-state index is 12.3. The Morgan fingerprint density at radius 1 is 0.895 bits per heavy atom. The molecule has 2 atom stereocenters. The molecular weight excluding hydrogens is 270 g/mol. The van der Waals surface area contributed by atoms with Crippen molar-refractivity contribution in [3.05, 3.63) is 0 Å². The van der Waals surface area contributed by atoms with Crippen LogP contribution >= 0.6 is 0 Å². The first-order valence-electron chi connectivity index (χ1n) is 6.07. The quantitative estimate of drug-likeness (QED) is 0.609. The van der Waals surface area contributed by atoms with Crippen LogP contribution in [0, 0.1) is 22.7 Å².